The number of aliphatic carboxylic acids is 1. The number of hydrogen-bond donors (Lipinski definition) is 3. The Morgan fingerprint density at radius 3 is 2.45 bits per heavy atom. The van der Waals surface area contributed by atoms with Gasteiger partial charge in [0.15, 0.2) is 5.54 Å². The molecule has 1 aliphatic rings. The van der Waals surface area contributed by atoms with Gasteiger partial charge in [-0.2, -0.15) is 0 Å². The van der Waals surface area contributed by atoms with Crippen LogP contribution in [0.4, 0.5) is 10.5 Å². The minimum Gasteiger partial charge on any atom is -0.479 e. The molecule has 3 N–H and O–H groups in total. The summed E-state index contributed by atoms with van der Waals surface area (Å²) in [6.45, 7) is 0.200. The van der Waals surface area contributed by atoms with E-state index in [1.807, 2.05) is 0 Å². The number of nitrogens with one attached hydrogen (secondary N) is 2. The van der Waals surface area contributed by atoms with E-state index in [1.54, 1.807) is 18.2 Å². The third-order valence-electron chi connectivity index (χ3n) is 2.99. The van der Waals surface area contributed by atoms with Crippen molar-refractivity contribution in [2.45, 2.75) is 12.0 Å². The zero-order valence-electron chi connectivity index (χ0n) is 10.3. The molecule has 1 aromatic carbocycles. The molecule has 1 aromatic rings. The molecule has 6 nitrogen and oxygen atoms in total. The summed E-state index contributed by atoms with van der Waals surface area (Å²) in [6.07, 6.45) is 0.200. The Labute approximate surface area is 125 Å². The quantitative estimate of drug-likeness (QED) is 0.798. The summed E-state index contributed by atoms with van der Waals surface area (Å²) in [5.74, 6) is -1.14. The first-order valence-corrected chi connectivity index (χ1v) is 6.54. The van der Waals surface area contributed by atoms with E-state index in [2.05, 4.69) is 10.6 Å². The van der Waals surface area contributed by atoms with E-state index in [9.17, 15) is 14.7 Å². The fourth-order valence-corrected chi connectivity index (χ4v) is 2.36. The van der Waals surface area contributed by atoms with Crippen LogP contribution in [0.2, 0.25) is 10.0 Å². The predicted molar refractivity (Wildman–Crippen MR) is 74.4 cm³/mol. The minimum atomic E-state index is -1.42. The number of carbonyl (C=O) groups excluding carboxylic acids is 1. The van der Waals surface area contributed by atoms with Gasteiger partial charge < -0.3 is 20.5 Å². The van der Waals surface area contributed by atoms with Crippen molar-refractivity contribution in [1.82, 2.24) is 5.32 Å². The Morgan fingerprint density at radius 1 is 1.30 bits per heavy atom. The molecule has 1 saturated heterocycles. The first-order valence-electron chi connectivity index (χ1n) is 5.79. The Bertz CT molecular complexity index is 524. The molecule has 8 heteroatoms. The Morgan fingerprint density at radius 2 is 1.95 bits per heavy atom. The van der Waals surface area contributed by atoms with E-state index < -0.39 is 17.5 Å². The summed E-state index contributed by atoms with van der Waals surface area (Å²) in [7, 11) is 0. The van der Waals surface area contributed by atoms with E-state index >= 15 is 0 Å². The standard InChI is InChI=1S/C12H12Cl2N2O4/c13-7-2-1-3-8(14)9(7)15-11(19)16-12(10(17)18)4-5-20-6-12/h1-3H,4-6H2,(H,17,18)(H2,15,16,19). The lowest BCUT2D eigenvalue weighted by Crippen LogP contribution is -2.56. The van der Waals surface area contributed by atoms with Crippen LogP contribution in [-0.2, 0) is 9.53 Å². The molecule has 0 aromatic heterocycles. The van der Waals surface area contributed by atoms with E-state index in [0.717, 1.165) is 0 Å². The Hall–Kier alpha value is -1.50. The maximum atomic E-state index is 11.9. The lowest BCUT2D eigenvalue weighted by molar-refractivity contribution is -0.144. The van der Waals surface area contributed by atoms with Crippen molar-refractivity contribution >= 4 is 40.9 Å². The second kappa shape index (κ2) is 5.87. The fourth-order valence-electron chi connectivity index (χ4n) is 1.87. The molecule has 1 aliphatic heterocycles. The van der Waals surface area contributed by atoms with Crippen LogP contribution in [0, 0.1) is 0 Å². The van der Waals surface area contributed by atoms with Gasteiger partial charge in [-0.15, -0.1) is 0 Å². The van der Waals surface area contributed by atoms with E-state index in [0.29, 0.717) is 0 Å². The number of hydrogen-bond acceptors (Lipinski definition) is 3. The number of anilines is 1. The number of benzene rings is 1. The van der Waals surface area contributed by atoms with Gasteiger partial charge >= 0.3 is 12.0 Å². The number of carbonyl (C=O) groups is 2. The molecule has 2 rings (SSSR count). The smallest absolute Gasteiger partial charge is 0.332 e. The van der Waals surface area contributed by atoms with Crippen molar-refractivity contribution in [3.05, 3.63) is 28.2 Å². The molecule has 108 valence electrons. The summed E-state index contributed by atoms with van der Waals surface area (Å²) in [5, 5.41) is 14.6. The van der Waals surface area contributed by atoms with Crippen LogP contribution in [0.3, 0.4) is 0 Å². The number of ether oxygens (including phenoxy) is 1. The van der Waals surface area contributed by atoms with E-state index in [1.165, 1.54) is 0 Å². The number of carboxylic acids is 1. The third kappa shape index (κ3) is 2.98. The van der Waals surface area contributed by atoms with Crippen LogP contribution in [0.25, 0.3) is 0 Å². The molecule has 1 unspecified atom stereocenters. The van der Waals surface area contributed by atoms with Gasteiger partial charge in [0, 0.05) is 13.0 Å². The molecule has 0 spiro atoms. The lowest BCUT2D eigenvalue weighted by Gasteiger charge is -2.24. The van der Waals surface area contributed by atoms with Gasteiger partial charge in [0.2, 0.25) is 0 Å². The second-order valence-corrected chi connectivity index (χ2v) is 5.18. The molecular weight excluding hydrogens is 307 g/mol. The van der Waals surface area contributed by atoms with Gasteiger partial charge in [-0.3, -0.25) is 0 Å². The van der Waals surface area contributed by atoms with Crippen LogP contribution in [0.5, 0.6) is 0 Å². The Balaban J connectivity index is 2.11. The molecule has 1 atom stereocenters. The topological polar surface area (TPSA) is 87.7 Å². The number of halogens is 2. The maximum Gasteiger partial charge on any atom is 0.332 e. The van der Waals surface area contributed by atoms with Crippen molar-refractivity contribution in [2.24, 2.45) is 0 Å². The highest BCUT2D eigenvalue weighted by Crippen LogP contribution is 2.30. The van der Waals surface area contributed by atoms with Gasteiger partial charge in [-0.25, -0.2) is 9.59 Å². The minimum absolute atomic E-state index is 0.0774. The summed E-state index contributed by atoms with van der Waals surface area (Å²) in [4.78, 5) is 23.2. The monoisotopic (exact) mass is 318 g/mol. The number of urea groups is 1. The van der Waals surface area contributed by atoms with Crippen molar-refractivity contribution in [3.63, 3.8) is 0 Å². The molecule has 1 heterocycles. The Kier molecular flexibility index (Phi) is 4.37. The molecular formula is C12H12Cl2N2O4. The normalized spacial score (nSPS) is 21.5. The van der Waals surface area contributed by atoms with Crippen molar-refractivity contribution in [1.29, 1.82) is 0 Å². The van der Waals surface area contributed by atoms with Crippen molar-refractivity contribution in [2.75, 3.05) is 18.5 Å². The SMILES string of the molecule is O=C(Nc1c(Cl)cccc1Cl)NC1(C(=O)O)CCOC1. The van der Waals surface area contributed by atoms with Crippen LogP contribution in [0.1, 0.15) is 6.42 Å². The molecule has 0 aliphatic carbocycles. The molecule has 0 radical (unpaired) electrons. The highest BCUT2D eigenvalue weighted by atomic mass is 35.5. The summed E-state index contributed by atoms with van der Waals surface area (Å²) < 4.78 is 5.04. The van der Waals surface area contributed by atoms with Crippen LogP contribution in [0.15, 0.2) is 18.2 Å². The van der Waals surface area contributed by atoms with Gasteiger partial charge in [0.05, 0.1) is 22.3 Å². The molecule has 0 bridgehead atoms. The van der Waals surface area contributed by atoms with E-state index in [4.69, 9.17) is 27.9 Å². The van der Waals surface area contributed by atoms with Crippen LogP contribution >= 0.6 is 23.2 Å². The molecule has 20 heavy (non-hydrogen) atoms. The number of rotatable bonds is 3. The first kappa shape index (κ1) is 14.9. The number of amides is 2. The van der Waals surface area contributed by atoms with Gasteiger partial charge in [0.1, 0.15) is 0 Å². The molecule has 1 fully saturated rings. The van der Waals surface area contributed by atoms with Crippen molar-refractivity contribution in [3.8, 4) is 0 Å². The maximum absolute atomic E-state index is 11.9. The average molecular weight is 319 g/mol. The highest BCUT2D eigenvalue weighted by molar-refractivity contribution is 6.39. The number of para-hydroxylation sites is 1. The zero-order valence-corrected chi connectivity index (χ0v) is 11.8. The van der Waals surface area contributed by atoms with Gasteiger partial charge in [-0.05, 0) is 12.1 Å². The van der Waals surface area contributed by atoms with Crippen LogP contribution < -0.4 is 10.6 Å². The zero-order chi connectivity index (χ0) is 14.8. The van der Waals surface area contributed by atoms with Crippen LogP contribution in [-0.4, -0.2) is 35.9 Å². The lowest BCUT2D eigenvalue weighted by atomic mass is 9.99. The fraction of sp³-hybridized carbons (Fsp3) is 0.333. The largest absolute Gasteiger partial charge is 0.479 e. The summed E-state index contributed by atoms with van der Waals surface area (Å²) in [6, 6.07) is 4.06. The third-order valence-corrected chi connectivity index (χ3v) is 3.62. The highest BCUT2D eigenvalue weighted by Gasteiger charge is 2.44. The summed E-state index contributed by atoms with van der Waals surface area (Å²) >= 11 is 11.8. The predicted octanol–water partition coefficient (Wildman–Crippen LogP) is 2.36. The average Bonchev–Trinajstić information content (AvgIpc) is 2.84. The van der Waals surface area contributed by atoms with Gasteiger partial charge in [0.25, 0.3) is 0 Å². The summed E-state index contributed by atoms with van der Waals surface area (Å²) in [5.41, 5.74) is -1.19. The number of carboxylic acid groups (broad SMARTS) is 1. The molecule has 2 amide bonds. The van der Waals surface area contributed by atoms with Gasteiger partial charge in [-0.1, -0.05) is 29.3 Å². The van der Waals surface area contributed by atoms with E-state index in [-0.39, 0.29) is 35.4 Å². The molecule has 0 saturated carbocycles. The van der Waals surface area contributed by atoms with Crippen molar-refractivity contribution < 1.29 is 19.4 Å². The second-order valence-electron chi connectivity index (χ2n) is 4.37. The first-order chi connectivity index (χ1) is 9.44.